The molecule has 4 nitrogen and oxygen atoms in total. The van der Waals surface area contributed by atoms with Crippen LogP contribution in [0.2, 0.25) is 5.02 Å². The molecule has 2 fully saturated rings. The Balaban J connectivity index is 1.98. The van der Waals surface area contributed by atoms with E-state index in [1.807, 2.05) is 0 Å². The average molecular weight is 315 g/mol. The lowest BCUT2D eigenvalue weighted by molar-refractivity contribution is 0.329. The summed E-state index contributed by atoms with van der Waals surface area (Å²) in [5, 5.41) is 3.67. The maximum absolute atomic E-state index is 12.9. The molecule has 110 valence electrons. The Bertz CT molecular complexity index is 605. The number of nitrogens with one attached hydrogen (secondary N) is 1. The largest absolute Gasteiger partial charge is 0.316 e. The van der Waals surface area contributed by atoms with Gasteiger partial charge in [-0.05, 0) is 43.5 Å². The van der Waals surface area contributed by atoms with Crippen molar-refractivity contribution in [3.63, 3.8) is 0 Å². The van der Waals surface area contributed by atoms with E-state index in [0.717, 1.165) is 19.5 Å². The minimum atomic E-state index is -3.50. The van der Waals surface area contributed by atoms with E-state index in [0.29, 0.717) is 23.4 Å². The summed E-state index contributed by atoms with van der Waals surface area (Å²) in [6.45, 7) is 4.48. The molecule has 2 heterocycles. The second kappa shape index (κ2) is 5.30. The van der Waals surface area contributed by atoms with Gasteiger partial charge in [0.1, 0.15) is 4.90 Å². The molecule has 2 saturated heterocycles. The third-order valence-corrected chi connectivity index (χ3v) is 6.90. The van der Waals surface area contributed by atoms with E-state index in [1.165, 1.54) is 0 Å². The normalized spacial score (nSPS) is 30.6. The Morgan fingerprint density at radius 3 is 2.80 bits per heavy atom. The minimum absolute atomic E-state index is 0.0799. The topological polar surface area (TPSA) is 49.4 Å². The maximum Gasteiger partial charge on any atom is 0.244 e. The van der Waals surface area contributed by atoms with E-state index in [9.17, 15) is 8.42 Å². The molecule has 0 saturated carbocycles. The molecule has 20 heavy (non-hydrogen) atoms. The summed E-state index contributed by atoms with van der Waals surface area (Å²) in [5.41, 5.74) is 0. The van der Waals surface area contributed by atoms with Gasteiger partial charge in [-0.15, -0.1) is 0 Å². The van der Waals surface area contributed by atoms with Crippen LogP contribution >= 0.6 is 11.6 Å². The molecular weight excluding hydrogens is 296 g/mol. The summed E-state index contributed by atoms with van der Waals surface area (Å²) >= 11 is 6.08. The molecule has 1 aromatic rings. The van der Waals surface area contributed by atoms with E-state index in [1.54, 1.807) is 28.6 Å². The monoisotopic (exact) mass is 314 g/mol. The van der Waals surface area contributed by atoms with Gasteiger partial charge in [-0.1, -0.05) is 30.7 Å². The van der Waals surface area contributed by atoms with Crippen LogP contribution in [-0.4, -0.2) is 38.4 Å². The summed E-state index contributed by atoms with van der Waals surface area (Å²) < 4.78 is 27.4. The summed E-state index contributed by atoms with van der Waals surface area (Å²) in [4.78, 5) is 0.230. The van der Waals surface area contributed by atoms with E-state index >= 15 is 0 Å². The SMILES string of the molecule is CCC1C2CNCC2CN1S(=O)(=O)c1ccccc1Cl. The average Bonchev–Trinajstić information content (AvgIpc) is 2.98. The zero-order valence-corrected chi connectivity index (χ0v) is 13.0. The molecule has 0 radical (unpaired) electrons. The summed E-state index contributed by atoms with van der Waals surface area (Å²) in [6.07, 6.45) is 0.840. The lowest BCUT2D eigenvalue weighted by atomic mass is 9.93. The molecule has 0 amide bonds. The molecule has 3 rings (SSSR count). The lowest BCUT2D eigenvalue weighted by Gasteiger charge is -2.26. The quantitative estimate of drug-likeness (QED) is 0.928. The summed E-state index contributed by atoms with van der Waals surface area (Å²) in [5.74, 6) is 0.856. The van der Waals surface area contributed by atoms with Crippen LogP contribution in [0.1, 0.15) is 13.3 Å². The van der Waals surface area contributed by atoms with Crippen molar-refractivity contribution in [3.05, 3.63) is 29.3 Å². The first-order valence-electron chi connectivity index (χ1n) is 7.02. The highest BCUT2D eigenvalue weighted by Gasteiger charge is 2.48. The van der Waals surface area contributed by atoms with Crippen LogP contribution in [0.3, 0.4) is 0 Å². The molecular formula is C14H19ClN2O2S. The number of hydrogen-bond donors (Lipinski definition) is 1. The van der Waals surface area contributed by atoms with Crippen LogP contribution < -0.4 is 5.32 Å². The third-order valence-electron chi connectivity index (χ3n) is 4.51. The molecule has 3 unspecified atom stereocenters. The van der Waals surface area contributed by atoms with Crippen LogP contribution in [0.4, 0.5) is 0 Å². The Kier molecular flexibility index (Phi) is 3.79. The van der Waals surface area contributed by atoms with Crippen LogP contribution in [0.25, 0.3) is 0 Å². The van der Waals surface area contributed by atoms with Gasteiger partial charge in [0.25, 0.3) is 0 Å². The van der Waals surface area contributed by atoms with E-state index in [4.69, 9.17) is 11.6 Å². The van der Waals surface area contributed by atoms with Crippen molar-refractivity contribution in [2.75, 3.05) is 19.6 Å². The van der Waals surface area contributed by atoms with Crippen molar-refractivity contribution in [3.8, 4) is 0 Å². The molecule has 1 N–H and O–H groups in total. The van der Waals surface area contributed by atoms with Crippen LogP contribution in [0.15, 0.2) is 29.2 Å². The van der Waals surface area contributed by atoms with Gasteiger partial charge >= 0.3 is 0 Å². The highest BCUT2D eigenvalue weighted by Crippen LogP contribution is 2.38. The van der Waals surface area contributed by atoms with Crippen LogP contribution in [0.5, 0.6) is 0 Å². The number of nitrogens with zero attached hydrogens (tertiary/aromatic N) is 1. The molecule has 3 atom stereocenters. The zero-order chi connectivity index (χ0) is 14.3. The molecule has 0 spiro atoms. The number of benzene rings is 1. The second-order valence-corrected chi connectivity index (χ2v) is 7.83. The van der Waals surface area contributed by atoms with Crippen molar-refractivity contribution in [2.24, 2.45) is 11.8 Å². The highest BCUT2D eigenvalue weighted by atomic mass is 35.5. The highest BCUT2D eigenvalue weighted by molar-refractivity contribution is 7.89. The lowest BCUT2D eigenvalue weighted by Crippen LogP contribution is -2.39. The van der Waals surface area contributed by atoms with Gasteiger partial charge in [0.2, 0.25) is 10.0 Å². The molecule has 0 bridgehead atoms. The first-order chi connectivity index (χ1) is 9.55. The Morgan fingerprint density at radius 1 is 1.35 bits per heavy atom. The van der Waals surface area contributed by atoms with Crippen LogP contribution in [-0.2, 0) is 10.0 Å². The summed E-state index contributed by atoms with van der Waals surface area (Å²) in [6, 6.07) is 6.78. The Hall–Kier alpha value is -0.620. The van der Waals surface area contributed by atoms with Crippen molar-refractivity contribution in [2.45, 2.75) is 24.3 Å². The van der Waals surface area contributed by atoms with Crippen molar-refractivity contribution >= 4 is 21.6 Å². The molecule has 1 aromatic carbocycles. The standard InChI is InChI=1S/C14H19ClN2O2S/c1-2-13-11-8-16-7-10(11)9-17(13)20(18,19)14-6-4-3-5-12(14)15/h3-6,10-11,13,16H,2,7-9H2,1H3. The number of fused-ring (bicyclic) bond motifs is 1. The molecule has 2 aliphatic rings. The first kappa shape index (κ1) is 14.3. The molecule has 0 aromatic heterocycles. The molecule has 6 heteroatoms. The predicted molar refractivity (Wildman–Crippen MR) is 79.3 cm³/mol. The smallest absolute Gasteiger partial charge is 0.244 e. The first-order valence-corrected chi connectivity index (χ1v) is 8.84. The zero-order valence-electron chi connectivity index (χ0n) is 11.4. The maximum atomic E-state index is 12.9. The fraction of sp³-hybridized carbons (Fsp3) is 0.571. The number of halogens is 1. The fourth-order valence-electron chi connectivity index (χ4n) is 3.55. The Morgan fingerprint density at radius 2 is 2.10 bits per heavy atom. The van der Waals surface area contributed by atoms with Gasteiger partial charge in [0.15, 0.2) is 0 Å². The second-order valence-electron chi connectivity index (χ2n) is 5.56. The van der Waals surface area contributed by atoms with Crippen molar-refractivity contribution in [1.29, 1.82) is 0 Å². The van der Waals surface area contributed by atoms with Crippen molar-refractivity contribution < 1.29 is 8.42 Å². The molecule has 2 aliphatic heterocycles. The molecule has 0 aliphatic carbocycles. The number of rotatable bonds is 3. The van der Waals surface area contributed by atoms with E-state index in [-0.39, 0.29) is 10.9 Å². The van der Waals surface area contributed by atoms with Gasteiger partial charge in [-0.3, -0.25) is 0 Å². The van der Waals surface area contributed by atoms with Crippen molar-refractivity contribution in [1.82, 2.24) is 9.62 Å². The van der Waals surface area contributed by atoms with E-state index < -0.39 is 10.0 Å². The summed E-state index contributed by atoms with van der Waals surface area (Å²) in [7, 11) is -3.50. The van der Waals surface area contributed by atoms with Gasteiger partial charge < -0.3 is 5.32 Å². The van der Waals surface area contributed by atoms with Crippen LogP contribution in [0, 0.1) is 11.8 Å². The third kappa shape index (κ3) is 2.17. The Labute approximate surface area is 125 Å². The fourth-order valence-corrected chi connectivity index (χ4v) is 5.84. The minimum Gasteiger partial charge on any atom is -0.316 e. The van der Waals surface area contributed by atoms with Gasteiger partial charge in [-0.25, -0.2) is 8.42 Å². The number of sulfonamides is 1. The number of hydrogen-bond acceptors (Lipinski definition) is 3. The van der Waals surface area contributed by atoms with Gasteiger partial charge in [-0.2, -0.15) is 4.31 Å². The predicted octanol–water partition coefficient (Wildman–Crippen LogP) is 1.96. The van der Waals surface area contributed by atoms with Gasteiger partial charge in [0.05, 0.1) is 5.02 Å². The van der Waals surface area contributed by atoms with E-state index in [2.05, 4.69) is 12.2 Å². The van der Waals surface area contributed by atoms with Gasteiger partial charge in [0, 0.05) is 12.6 Å².